The van der Waals surface area contributed by atoms with Crippen LogP contribution in [0.4, 0.5) is 0 Å². The third-order valence-corrected chi connectivity index (χ3v) is 3.34. The van der Waals surface area contributed by atoms with E-state index >= 15 is 0 Å². The number of aromatic nitrogens is 3. The molecule has 2 heterocycles. The lowest BCUT2D eigenvalue weighted by Crippen LogP contribution is -2.16. The predicted molar refractivity (Wildman–Crippen MR) is 71.2 cm³/mol. The third-order valence-electron chi connectivity index (χ3n) is 2.51. The molecular formula is C12H15N3O3S. The molecule has 0 aliphatic rings. The molecule has 102 valence electrons. The van der Waals surface area contributed by atoms with Gasteiger partial charge < -0.3 is 4.74 Å². The highest BCUT2D eigenvalue weighted by molar-refractivity contribution is 7.16. The van der Waals surface area contributed by atoms with Crippen LogP contribution in [-0.4, -0.2) is 20.6 Å². The summed E-state index contributed by atoms with van der Waals surface area (Å²) in [6.07, 6.45) is 2.15. The maximum absolute atomic E-state index is 11.8. The topological polar surface area (TPSA) is 73.6 Å². The fourth-order valence-electron chi connectivity index (χ4n) is 1.57. The Morgan fingerprint density at radius 2 is 2.32 bits per heavy atom. The van der Waals surface area contributed by atoms with E-state index in [-0.39, 0.29) is 18.1 Å². The quantitative estimate of drug-likeness (QED) is 0.780. The molecule has 0 bridgehead atoms. The minimum absolute atomic E-state index is 0.0330. The maximum Gasteiger partial charge on any atom is 0.306 e. The van der Waals surface area contributed by atoms with Crippen molar-refractivity contribution in [2.24, 2.45) is 0 Å². The highest BCUT2D eigenvalue weighted by Gasteiger charge is 2.08. The van der Waals surface area contributed by atoms with E-state index < -0.39 is 0 Å². The molecule has 2 rings (SSSR count). The molecule has 0 unspecified atom stereocenters. The van der Waals surface area contributed by atoms with Gasteiger partial charge in [-0.15, -0.1) is 0 Å². The molecule has 6 nitrogen and oxygen atoms in total. The third kappa shape index (κ3) is 3.37. The first-order valence-corrected chi connectivity index (χ1v) is 6.94. The number of aryl methyl sites for hydroxylation is 1. The molecule has 0 fully saturated rings. The summed E-state index contributed by atoms with van der Waals surface area (Å²) in [4.78, 5) is 27.9. The van der Waals surface area contributed by atoms with Crippen molar-refractivity contribution in [2.45, 2.75) is 39.7 Å². The molecule has 0 atom stereocenters. The fourth-order valence-corrected chi connectivity index (χ4v) is 2.34. The SMILES string of the molecule is CCCCC(=O)OCc1cc(=O)n2nc(C)sc2n1. The molecule has 0 aliphatic carbocycles. The average Bonchev–Trinajstić information content (AvgIpc) is 2.75. The lowest BCUT2D eigenvalue weighted by atomic mass is 10.2. The van der Waals surface area contributed by atoms with Gasteiger partial charge in [0.15, 0.2) is 0 Å². The first kappa shape index (κ1) is 13.7. The average molecular weight is 281 g/mol. The van der Waals surface area contributed by atoms with Crippen molar-refractivity contribution < 1.29 is 9.53 Å². The van der Waals surface area contributed by atoms with Crippen molar-refractivity contribution in [3.05, 3.63) is 27.1 Å². The molecule has 2 aromatic heterocycles. The van der Waals surface area contributed by atoms with Crippen molar-refractivity contribution in [2.75, 3.05) is 0 Å². The Morgan fingerprint density at radius 1 is 1.53 bits per heavy atom. The molecule has 0 aliphatic heterocycles. The van der Waals surface area contributed by atoms with Gasteiger partial charge in [-0.25, -0.2) is 4.98 Å². The van der Waals surface area contributed by atoms with Crippen molar-refractivity contribution in [1.82, 2.24) is 14.6 Å². The summed E-state index contributed by atoms with van der Waals surface area (Å²) in [5.74, 6) is -0.260. The van der Waals surface area contributed by atoms with Crippen LogP contribution in [-0.2, 0) is 16.1 Å². The number of carbonyl (C=O) groups is 1. The van der Waals surface area contributed by atoms with E-state index in [1.165, 1.54) is 21.9 Å². The van der Waals surface area contributed by atoms with Crippen LogP contribution in [0, 0.1) is 6.92 Å². The Bertz CT molecular complexity index is 647. The Hall–Kier alpha value is -1.76. The minimum atomic E-state index is -0.260. The van der Waals surface area contributed by atoms with Crippen LogP contribution < -0.4 is 5.56 Å². The zero-order valence-corrected chi connectivity index (χ0v) is 11.7. The molecule has 19 heavy (non-hydrogen) atoms. The molecule has 0 radical (unpaired) electrons. The van der Waals surface area contributed by atoms with Gasteiger partial charge >= 0.3 is 5.97 Å². The van der Waals surface area contributed by atoms with Gasteiger partial charge in [0.1, 0.15) is 11.6 Å². The standard InChI is InChI=1S/C12H15N3O3S/c1-3-4-5-11(17)18-7-9-6-10(16)15-12(13-9)19-8(2)14-15/h6H,3-5,7H2,1-2H3. The number of ether oxygens (including phenoxy) is 1. The highest BCUT2D eigenvalue weighted by Crippen LogP contribution is 2.10. The first-order chi connectivity index (χ1) is 9.10. The highest BCUT2D eigenvalue weighted by atomic mass is 32.1. The van der Waals surface area contributed by atoms with Gasteiger partial charge in [0.05, 0.1) is 5.69 Å². The molecule has 0 saturated carbocycles. The van der Waals surface area contributed by atoms with Gasteiger partial charge in [-0.05, 0) is 13.3 Å². The Balaban J connectivity index is 2.09. The van der Waals surface area contributed by atoms with E-state index in [1.807, 2.05) is 13.8 Å². The summed E-state index contributed by atoms with van der Waals surface area (Å²) in [5.41, 5.74) is 0.201. The number of nitrogens with zero attached hydrogens (tertiary/aromatic N) is 3. The van der Waals surface area contributed by atoms with E-state index in [0.29, 0.717) is 17.1 Å². The predicted octanol–water partition coefficient (Wildman–Crippen LogP) is 1.69. The van der Waals surface area contributed by atoms with Crippen LogP contribution >= 0.6 is 11.3 Å². The summed E-state index contributed by atoms with van der Waals surface area (Å²) in [7, 11) is 0. The lowest BCUT2D eigenvalue weighted by Gasteiger charge is -2.03. The molecule has 0 aromatic carbocycles. The summed E-state index contributed by atoms with van der Waals surface area (Å²) >= 11 is 1.33. The van der Waals surface area contributed by atoms with Gasteiger partial charge in [0.2, 0.25) is 4.96 Å². The zero-order chi connectivity index (χ0) is 13.8. The molecule has 0 N–H and O–H groups in total. The summed E-state index contributed by atoms with van der Waals surface area (Å²) in [6, 6.07) is 1.35. The van der Waals surface area contributed by atoms with E-state index in [0.717, 1.165) is 17.8 Å². The maximum atomic E-state index is 11.8. The summed E-state index contributed by atoms with van der Waals surface area (Å²) < 4.78 is 6.33. The largest absolute Gasteiger partial charge is 0.459 e. The first-order valence-electron chi connectivity index (χ1n) is 6.12. The van der Waals surface area contributed by atoms with Gasteiger partial charge in [0.25, 0.3) is 5.56 Å². The van der Waals surface area contributed by atoms with Gasteiger partial charge in [-0.1, -0.05) is 24.7 Å². The lowest BCUT2D eigenvalue weighted by molar-refractivity contribution is -0.145. The molecule has 7 heteroatoms. The van der Waals surface area contributed by atoms with E-state index in [9.17, 15) is 9.59 Å². The van der Waals surface area contributed by atoms with Crippen LogP contribution in [0.3, 0.4) is 0 Å². The monoisotopic (exact) mass is 281 g/mol. The second-order valence-electron chi connectivity index (χ2n) is 4.17. The Labute approximate surface area is 114 Å². The number of rotatable bonds is 5. The molecule has 0 saturated heterocycles. The Kier molecular flexibility index (Phi) is 4.26. The molecule has 2 aromatic rings. The van der Waals surface area contributed by atoms with Crippen LogP contribution in [0.15, 0.2) is 10.9 Å². The number of fused-ring (bicyclic) bond motifs is 1. The number of carbonyl (C=O) groups excluding carboxylic acids is 1. The number of hydrogen-bond donors (Lipinski definition) is 0. The van der Waals surface area contributed by atoms with Crippen molar-refractivity contribution >= 4 is 22.3 Å². The van der Waals surface area contributed by atoms with Crippen molar-refractivity contribution in [3.63, 3.8) is 0 Å². The van der Waals surface area contributed by atoms with Gasteiger partial charge in [-0.2, -0.15) is 9.61 Å². The van der Waals surface area contributed by atoms with Crippen LogP contribution in [0.1, 0.15) is 36.9 Å². The van der Waals surface area contributed by atoms with Crippen molar-refractivity contribution in [1.29, 1.82) is 0 Å². The van der Waals surface area contributed by atoms with Gasteiger partial charge in [-0.3, -0.25) is 9.59 Å². The zero-order valence-electron chi connectivity index (χ0n) is 10.9. The minimum Gasteiger partial charge on any atom is -0.459 e. The summed E-state index contributed by atoms with van der Waals surface area (Å²) in [5, 5.41) is 4.81. The molecule has 0 spiro atoms. The van der Waals surface area contributed by atoms with E-state index in [2.05, 4.69) is 10.1 Å². The Morgan fingerprint density at radius 3 is 3.05 bits per heavy atom. The summed E-state index contributed by atoms with van der Waals surface area (Å²) in [6.45, 7) is 3.85. The molecule has 0 amide bonds. The number of esters is 1. The number of hydrogen-bond acceptors (Lipinski definition) is 6. The smallest absolute Gasteiger partial charge is 0.306 e. The fraction of sp³-hybridized carbons (Fsp3) is 0.500. The van der Waals surface area contributed by atoms with Crippen LogP contribution in [0.25, 0.3) is 4.96 Å². The second-order valence-corrected chi connectivity index (χ2v) is 5.33. The number of unbranched alkanes of at least 4 members (excludes halogenated alkanes) is 1. The second kappa shape index (κ2) is 5.92. The van der Waals surface area contributed by atoms with Gasteiger partial charge in [0, 0.05) is 12.5 Å². The van der Waals surface area contributed by atoms with Crippen LogP contribution in [0.5, 0.6) is 0 Å². The van der Waals surface area contributed by atoms with Crippen LogP contribution in [0.2, 0.25) is 0 Å². The molecular weight excluding hydrogens is 266 g/mol. The normalized spacial score (nSPS) is 10.8. The van der Waals surface area contributed by atoms with Crippen molar-refractivity contribution in [3.8, 4) is 0 Å². The van der Waals surface area contributed by atoms with E-state index in [1.54, 1.807) is 0 Å². The van der Waals surface area contributed by atoms with E-state index in [4.69, 9.17) is 4.74 Å².